The first-order valence-corrected chi connectivity index (χ1v) is 34.9. The maximum absolute atomic E-state index is 15.4. The van der Waals surface area contributed by atoms with Crippen molar-refractivity contribution >= 4 is 65.0 Å². The zero-order valence-corrected chi connectivity index (χ0v) is 62.4. The van der Waals surface area contributed by atoms with Gasteiger partial charge in [-0.2, -0.15) is 0 Å². The number of ether oxygens (including phenoxy) is 1. The molecule has 0 saturated carbocycles. The Morgan fingerprint density at radius 1 is 0.474 bits per heavy atom. The summed E-state index contributed by atoms with van der Waals surface area (Å²) in [7, 11) is 10.0. The molecule has 0 aromatic heterocycles. The number of amides is 11. The third-order valence-corrected chi connectivity index (χ3v) is 18.6. The molecule has 11 amide bonds. The van der Waals surface area contributed by atoms with Crippen LogP contribution in [0, 0.1) is 41.4 Å². The molecule has 0 aliphatic carbocycles. The number of hydrogen-bond donors (Lipinski definition) is 5. The first-order valence-electron chi connectivity index (χ1n) is 34.9. The molecular formula is C70H126N12O13. The van der Waals surface area contributed by atoms with Crippen molar-refractivity contribution in [1.82, 2.24) is 60.5 Å². The quantitative estimate of drug-likeness (QED) is 0.0798. The van der Waals surface area contributed by atoms with Gasteiger partial charge in [-0.3, -0.25) is 52.7 Å². The van der Waals surface area contributed by atoms with E-state index in [-0.39, 0.29) is 69.0 Å². The molecule has 25 heteroatoms. The molecule has 2 saturated heterocycles. The summed E-state index contributed by atoms with van der Waals surface area (Å²) in [6, 6.07) is -14.0. The van der Waals surface area contributed by atoms with Gasteiger partial charge in [-0.15, -0.1) is 0 Å². The Bertz CT molecular complexity index is 2570. The third-order valence-electron chi connectivity index (χ3n) is 18.6. The van der Waals surface area contributed by atoms with E-state index in [4.69, 9.17) is 4.74 Å². The van der Waals surface area contributed by atoms with Crippen molar-refractivity contribution in [3.05, 3.63) is 12.2 Å². The summed E-state index contributed by atoms with van der Waals surface area (Å²) in [5, 5.41) is 23.5. The molecule has 0 spiro atoms. The minimum Gasteiger partial charge on any atom is -0.390 e. The van der Waals surface area contributed by atoms with Gasteiger partial charge in [0.15, 0.2) is 0 Å². The predicted molar refractivity (Wildman–Crippen MR) is 368 cm³/mol. The topological polar surface area (TPSA) is 291 Å². The van der Waals surface area contributed by atoms with Crippen molar-refractivity contribution < 1.29 is 62.6 Å². The molecule has 5 N–H and O–H groups in total. The van der Waals surface area contributed by atoms with Gasteiger partial charge in [0.05, 0.1) is 12.7 Å². The van der Waals surface area contributed by atoms with Gasteiger partial charge in [0, 0.05) is 62.5 Å². The van der Waals surface area contributed by atoms with E-state index in [1.54, 1.807) is 47.6 Å². The predicted octanol–water partition coefficient (Wildman–Crippen LogP) is 4.14. The highest BCUT2D eigenvalue weighted by Crippen LogP contribution is 2.26. The summed E-state index contributed by atoms with van der Waals surface area (Å²) in [6.07, 6.45) is 5.73. The minimum absolute atomic E-state index is 0.0154. The van der Waals surface area contributed by atoms with Crippen molar-refractivity contribution in [1.29, 1.82) is 0 Å². The van der Waals surface area contributed by atoms with Gasteiger partial charge >= 0.3 is 0 Å². The molecule has 0 radical (unpaired) electrons. The number of nitrogens with one attached hydrogen (secondary N) is 4. The van der Waals surface area contributed by atoms with Crippen molar-refractivity contribution in [2.24, 2.45) is 41.4 Å². The van der Waals surface area contributed by atoms with Crippen molar-refractivity contribution in [3.63, 3.8) is 0 Å². The molecule has 0 unspecified atom stereocenters. The molecular weight excluding hydrogens is 1220 g/mol. The van der Waals surface area contributed by atoms with Gasteiger partial charge in [0.25, 0.3) is 0 Å². The van der Waals surface area contributed by atoms with Crippen LogP contribution in [-0.4, -0.2) is 264 Å². The molecule has 2 aliphatic heterocycles. The van der Waals surface area contributed by atoms with Crippen LogP contribution in [0.4, 0.5) is 0 Å². The summed E-state index contributed by atoms with van der Waals surface area (Å²) >= 11 is 0. The first kappa shape index (κ1) is 84.9. The number of hydrogen-bond acceptors (Lipinski definition) is 14. The maximum atomic E-state index is 15.4. The van der Waals surface area contributed by atoms with Crippen LogP contribution >= 0.6 is 0 Å². The van der Waals surface area contributed by atoms with Crippen LogP contribution in [-0.2, 0) is 57.5 Å². The highest BCUT2D eigenvalue weighted by atomic mass is 16.5. The number of carbonyl (C=O) groups is 11. The third kappa shape index (κ3) is 24.4. The molecule has 0 bridgehead atoms. The van der Waals surface area contributed by atoms with Crippen LogP contribution in [0.25, 0.3) is 0 Å². The number of aliphatic hydroxyl groups is 1. The lowest BCUT2D eigenvalue weighted by Crippen LogP contribution is -2.64. The van der Waals surface area contributed by atoms with Gasteiger partial charge < -0.3 is 70.3 Å². The Morgan fingerprint density at radius 3 is 1.37 bits per heavy atom. The molecule has 95 heavy (non-hydrogen) atoms. The van der Waals surface area contributed by atoms with E-state index < -0.39 is 155 Å². The van der Waals surface area contributed by atoms with Crippen molar-refractivity contribution in [2.45, 2.75) is 248 Å². The van der Waals surface area contributed by atoms with E-state index in [0.717, 1.165) is 37.4 Å². The fraction of sp³-hybridized carbons (Fsp3) is 0.814. The second-order valence-electron chi connectivity index (χ2n) is 29.3. The van der Waals surface area contributed by atoms with E-state index in [9.17, 15) is 29.1 Å². The van der Waals surface area contributed by atoms with Crippen LogP contribution in [0.2, 0.25) is 0 Å². The van der Waals surface area contributed by atoms with Crippen LogP contribution in [0.1, 0.15) is 175 Å². The normalized spacial score (nSPS) is 27.2. The average molecular weight is 1340 g/mol. The molecule has 13 atom stereocenters. The van der Waals surface area contributed by atoms with Crippen molar-refractivity contribution in [2.75, 3.05) is 82.2 Å². The van der Waals surface area contributed by atoms with Crippen LogP contribution in [0.5, 0.6) is 0 Å². The SMILES string of the molecule is C/C=C/C[C@@H](C)[C@@H](O)[C@H]1C(=O)N[C@@H](CC)C(=O)N(C)[C@H](COCCCN2CCCC2)C(=O)N(C)[C@@H](CC(C)C)C(=O)N[C@@H](C(C)C)C(=O)N(C)[C@@H](CC(C)C)C(=O)N[C@@H](C)C(=O)N[C@H](C)C(=O)N(C)[C@@H](CC(C)C)C(=O)N(C)[C@@H](CC(C)C)C(=O)N(C)[C@@H](C(C)C)C(=O)N1C. The van der Waals surface area contributed by atoms with E-state index in [0.29, 0.717) is 12.8 Å². The summed E-state index contributed by atoms with van der Waals surface area (Å²) in [6.45, 7) is 32.6. The number of carbonyl (C=O) groups excluding carboxylic acids is 11. The van der Waals surface area contributed by atoms with Crippen LogP contribution in [0.15, 0.2) is 12.2 Å². The lowest BCUT2D eigenvalue weighted by molar-refractivity contribution is -0.157. The Morgan fingerprint density at radius 2 is 0.895 bits per heavy atom. The second kappa shape index (κ2) is 39.9. The fourth-order valence-electron chi connectivity index (χ4n) is 12.6. The summed E-state index contributed by atoms with van der Waals surface area (Å²) in [4.78, 5) is 175. The number of aliphatic hydroxyl groups excluding tert-OH is 1. The molecule has 2 fully saturated rings. The largest absolute Gasteiger partial charge is 0.390 e. The lowest BCUT2D eigenvalue weighted by Gasteiger charge is -2.41. The maximum Gasteiger partial charge on any atom is 0.248 e. The highest BCUT2D eigenvalue weighted by Gasteiger charge is 2.46. The molecule has 2 heterocycles. The zero-order valence-electron chi connectivity index (χ0n) is 62.4. The average Bonchev–Trinajstić information content (AvgIpc) is 1.67. The Labute approximate surface area is 569 Å². The molecule has 2 rings (SSSR count). The van der Waals surface area contributed by atoms with E-state index in [1.807, 2.05) is 68.4 Å². The van der Waals surface area contributed by atoms with E-state index in [2.05, 4.69) is 26.2 Å². The number of nitrogens with zero attached hydrogens (tertiary/aromatic N) is 8. The van der Waals surface area contributed by atoms with Gasteiger partial charge in [-0.1, -0.05) is 109 Å². The summed E-state index contributed by atoms with van der Waals surface area (Å²) in [5.74, 6) is -10.0. The monoisotopic (exact) mass is 1340 g/mol. The fourth-order valence-corrected chi connectivity index (χ4v) is 12.6. The smallest absolute Gasteiger partial charge is 0.248 e. The number of likely N-dealkylation sites (tertiary alicyclic amines) is 1. The standard InChI is InChI=1S/C70H126N12O13/c1-25-27-31-47(15)59(83)58-63(87)73-50(26-2)65(89)79(22)55(40-95-35-30-34-82-32-28-29-33-82)68(92)75(18)52(37-42(5)6)62(86)74-56(45(11)12)69(93)76(19)51(36-41(3)4)61(85)71-48(16)60(84)72-49(17)64(88)77(20)53(38-43(7)8)66(90)78(21)54(39-44(9)10)67(91)80(23)57(46(13)14)70(94)81(58)24/h25,27,41-59,83H,26,28-40H2,1-24H3,(H,71,85)(H,72,84)(H,73,87)(H,74,86)/b27-25+/t47-,48+,49-,50+,51+,52+,53+,54+,55-,56+,57+,58+,59-/m1/s1. The Kier molecular flexibility index (Phi) is 35.6. The number of rotatable bonds is 21. The van der Waals surface area contributed by atoms with Crippen molar-refractivity contribution in [3.8, 4) is 0 Å². The highest BCUT2D eigenvalue weighted by molar-refractivity contribution is 6.00. The zero-order chi connectivity index (χ0) is 72.8. The molecule has 0 aromatic carbocycles. The molecule has 0 aromatic rings. The number of likely N-dealkylation sites (N-methyl/N-ethyl adjacent to an activating group) is 7. The molecule has 2 aliphatic rings. The summed E-state index contributed by atoms with van der Waals surface area (Å²) < 4.78 is 6.24. The van der Waals surface area contributed by atoms with E-state index in [1.165, 1.54) is 92.6 Å². The van der Waals surface area contributed by atoms with Gasteiger partial charge in [-0.25, -0.2) is 0 Å². The number of allylic oxidation sites excluding steroid dienone is 2. The first-order chi connectivity index (χ1) is 44.2. The van der Waals surface area contributed by atoms with Crippen LogP contribution < -0.4 is 21.3 Å². The lowest BCUT2D eigenvalue weighted by atomic mass is 9.91. The Hall–Kier alpha value is -6.21. The van der Waals surface area contributed by atoms with Gasteiger partial charge in [-0.05, 0) is 133 Å². The van der Waals surface area contributed by atoms with Crippen LogP contribution in [0.3, 0.4) is 0 Å². The second-order valence-corrected chi connectivity index (χ2v) is 29.3. The van der Waals surface area contributed by atoms with E-state index >= 15 is 28.8 Å². The van der Waals surface area contributed by atoms with Gasteiger partial charge in [0.2, 0.25) is 65.0 Å². The summed E-state index contributed by atoms with van der Waals surface area (Å²) in [5.41, 5.74) is 0. The molecule has 544 valence electrons. The van der Waals surface area contributed by atoms with Gasteiger partial charge in [0.1, 0.15) is 66.5 Å². The molecule has 25 nitrogen and oxygen atoms in total. The Balaban J connectivity index is 3.08. The minimum atomic E-state index is -1.65.